The Morgan fingerprint density at radius 2 is 1.85 bits per heavy atom. The van der Waals surface area contributed by atoms with Gasteiger partial charge in [-0.05, 0) is 37.7 Å². The van der Waals surface area contributed by atoms with Crippen molar-refractivity contribution in [3.8, 4) is 0 Å². The van der Waals surface area contributed by atoms with E-state index in [2.05, 4.69) is 19.9 Å². The molecule has 5 heterocycles. The third kappa shape index (κ3) is 4.40. The molecule has 11 heteroatoms. The largest absolute Gasteiger partial charge is 0.393 e. The number of anilines is 1. The van der Waals surface area contributed by atoms with Crippen LogP contribution in [0.2, 0.25) is 0 Å². The van der Waals surface area contributed by atoms with Gasteiger partial charge in [0.1, 0.15) is 0 Å². The zero-order valence-corrected chi connectivity index (χ0v) is 18.9. The zero-order chi connectivity index (χ0) is 23.2. The number of fused-ring (bicyclic) bond motifs is 3. The highest BCUT2D eigenvalue weighted by Gasteiger charge is 2.44. The average molecular weight is 482 g/mol. The van der Waals surface area contributed by atoms with Crippen molar-refractivity contribution in [2.75, 3.05) is 36.8 Å². The summed E-state index contributed by atoms with van der Waals surface area (Å²) < 4.78 is 66.1. The molecule has 3 aromatic rings. The summed E-state index contributed by atoms with van der Waals surface area (Å²) in [5, 5.41) is 2.01. The van der Waals surface area contributed by atoms with Gasteiger partial charge in [0.2, 0.25) is 10.0 Å². The Balaban J connectivity index is 1.27. The van der Waals surface area contributed by atoms with Crippen molar-refractivity contribution in [3.05, 3.63) is 30.7 Å². The summed E-state index contributed by atoms with van der Waals surface area (Å²) in [6, 6.07) is 3.95. The molecule has 178 valence electrons. The number of nitrogens with one attached hydrogen (secondary N) is 1. The first kappa shape index (κ1) is 22.4. The molecule has 3 aromatic heterocycles. The molecule has 0 saturated carbocycles. The number of sulfonamides is 1. The van der Waals surface area contributed by atoms with Crippen LogP contribution in [0.5, 0.6) is 0 Å². The standard InChI is InChI=1S/C22H26F3N5O2S/c23-22(24,25)16-3-2-8-30(13-16)33(31,32)14-15-5-9-29(10-6-15)19-12-28-21-20(19)17-4-1-7-26-18(17)11-27-21/h1,4,7,11-12,15-16,26H,2-3,5-6,8-10,13-14H2. The lowest BCUT2D eigenvalue weighted by molar-refractivity contribution is -0.182. The lowest BCUT2D eigenvalue weighted by Crippen LogP contribution is -2.46. The van der Waals surface area contributed by atoms with Gasteiger partial charge in [-0.15, -0.1) is 0 Å². The third-order valence-corrected chi connectivity index (χ3v) is 8.92. The van der Waals surface area contributed by atoms with Crippen LogP contribution in [0, 0.1) is 11.8 Å². The number of hydrogen-bond acceptors (Lipinski definition) is 5. The summed E-state index contributed by atoms with van der Waals surface area (Å²) >= 11 is 0. The van der Waals surface area contributed by atoms with Gasteiger partial charge in [-0.2, -0.15) is 13.2 Å². The molecule has 0 amide bonds. The Hall–Kier alpha value is -2.40. The van der Waals surface area contributed by atoms with Gasteiger partial charge in [0.05, 0.1) is 40.7 Å². The second-order valence-electron chi connectivity index (χ2n) is 9.05. The fourth-order valence-corrected chi connectivity index (χ4v) is 7.02. The maximum atomic E-state index is 13.1. The maximum absolute atomic E-state index is 13.1. The summed E-state index contributed by atoms with van der Waals surface area (Å²) in [5.41, 5.74) is 2.57. The minimum atomic E-state index is -4.35. The van der Waals surface area contributed by atoms with Crippen molar-refractivity contribution < 1.29 is 21.6 Å². The summed E-state index contributed by atoms with van der Waals surface area (Å²) in [5.74, 6) is -1.73. The van der Waals surface area contributed by atoms with Gasteiger partial charge in [-0.1, -0.05) is 6.07 Å². The predicted octanol–water partition coefficient (Wildman–Crippen LogP) is 3.93. The average Bonchev–Trinajstić information content (AvgIpc) is 3.24. The molecule has 7 nitrogen and oxygen atoms in total. The molecule has 33 heavy (non-hydrogen) atoms. The van der Waals surface area contributed by atoms with Crippen LogP contribution in [-0.4, -0.2) is 65.8 Å². The second kappa shape index (κ2) is 8.43. The Labute approximate surface area is 190 Å². The summed E-state index contributed by atoms with van der Waals surface area (Å²) in [6.45, 7) is 1.06. The molecule has 2 aliphatic heterocycles. The Morgan fingerprint density at radius 1 is 1.09 bits per heavy atom. The van der Waals surface area contributed by atoms with Crippen molar-refractivity contribution >= 4 is 37.6 Å². The van der Waals surface area contributed by atoms with E-state index >= 15 is 0 Å². The van der Waals surface area contributed by atoms with Crippen molar-refractivity contribution in [2.45, 2.75) is 31.9 Å². The van der Waals surface area contributed by atoms with Gasteiger partial charge >= 0.3 is 6.18 Å². The van der Waals surface area contributed by atoms with Crippen molar-refractivity contribution in [3.63, 3.8) is 0 Å². The number of H-pyrrole nitrogens is 1. The predicted molar refractivity (Wildman–Crippen MR) is 120 cm³/mol. The number of nitrogens with zero attached hydrogens (tertiary/aromatic N) is 4. The molecular formula is C22H26F3N5O2S. The molecule has 1 N–H and O–H groups in total. The van der Waals surface area contributed by atoms with Gasteiger partial charge in [-0.3, -0.25) is 0 Å². The number of aromatic amines is 1. The Morgan fingerprint density at radius 3 is 2.61 bits per heavy atom. The van der Waals surface area contributed by atoms with Gasteiger partial charge in [-0.25, -0.2) is 22.7 Å². The van der Waals surface area contributed by atoms with Crippen LogP contribution in [0.3, 0.4) is 0 Å². The summed E-state index contributed by atoms with van der Waals surface area (Å²) in [6.07, 6.45) is 2.63. The van der Waals surface area contributed by atoms with Crippen LogP contribution in [-0.2, 0) is 10.0 Å². The van der Waals surface area contributed by atoms with Crippen LogP contribution in [0.25, 0.3) is 21.9 Å². The molecule has 0 aliphatic carbocycles. The molecule has 2 aliphatic rings. The number of piperidine rings is 2. The molecule has 1 unspecified atom stereocenters. The Kier molecular flexibility index (Phi) is 5.72. The van der Waals surface area contributed by atoms with E-state index in [1.807, 2.05) is 24.5 Å². The molecule has 0 radical (unpaired) electrons. The van der Waals surface area contributed by atoms with E-state index in [-0.39, 0.29) is 31.1 Å². The van der Waals surface area contributed by atoms with E-state index < -0.39 is 28.7 Å². The SMILES string of the molecule is O=S(=O)(CC1CCN(c2cnc3ncc4[nH]cccc4c23)CC1)N1CCCC(C(F)(F)F)C1. The van der Waals surface area contributed by atoms with Crippen LogP contribution >= 0.6 is 0 Å². The molecule has 2 saturated heterocycles. The molecule has 5 rings (SSSR count). The van der Waals surface area contributed by atoms with Gasteiger partial charge < -0.3 is 9.88 Å². The van der Waals surface area contributed by atoms with E-state index in [4.69, 9.17) is 0 Å². The number of pyridine rings is 2. The minimum Gasteiger partial charge on any atom is -0.370 e. The smallest absolute Gasteiger partial charge is 0.370 e. The third-order valence-electron chi connectivity index (χ3n) is 6.90. The molecular weight excluding hydrogens is 455 g/mol. The summed E-state index contributed by atoms with van der Waals surface area (Å²) in [4.78, 5) is 14.3. The second-order valence-corrected chi connectivity index (χ2v) is 11.1. The van der Waals surface area contributed by atoms with Crippen LogP contribution in [0.15, 0.2) is 30.7 Å². The number of alkyl halides is 3. The van der Waals surface area contributed by atoms with Crippen molar-refractivity contribution in [1.82, 2.24) is 19.3 Å². The normalized spacial score (nSPS) is 21.8. The van der Waals surface area contributed by atoms with E-state index in [0.29, 0.717) is 31.6 Å². The first-order valence-corrected chi connectivity index (χ1v) is 12.8. The molecule has 2 fully saturated rings. The van der Waals surface area contributed by atoms with Crippen LogP contribution < -0.4 is 4.90 Å². The Bertz CT molecular complexity index is 1250. The maximum Gasteiger partial charge on any atom is 0.393 e. The number of halogens is 3. The highest BCUT2D eigenvalue weighted by Crippen LogP contribution is 2.36. The quantitative estimate of drug-likeness (QED) is 0.611. The lowest BCUT2D eigenvalue weighted by atomic mass is 9.98. The summed E-state index contributed by atoms with van der Waals surface area (Å²) in [7, 11) is -3.72. The van der Waals surface area contributed by atoms with Gasteiger partial charge in [0.15, 0.2) is 5.65 Å². The highest BCUT2D eigenvalue weighted by atomic mass is 32.2. The lowest BCUT2D eigenvalue weighted by Gasteiger charge is -2.36. The van der Waals surface area contributed by atoms with E-state index in [0.717, 1.165) is 26.3 Å². The fraction of sp³-hybridized carbons (Fsp3) is 0.545. The molecule has 0 aromatic carbocycles. The zero-order valence-electron chi connectivity index (χ0n) is 18.1. The van der Waals surface area contributed by atoms with Crippen molar-refractivity contribution in [1.29, 1.82) is 0 Å². The first-order valence-electron chi connectivity index (χ1n) is 11.2. The van der Waals surface area contributed by atoms with Crippen molar-refractivity contribution in [2.24, 2.45) is 11.8 Å². The topological polar surface area (TPSA) is 82.2 Å². The van der Waals surface area contributed by atoms with Crippen LogP contribution in [0.1, 0.15) is 25.7 Å². The highest BCUT2D eigenvalue weighted by molar-refractivity contribution is 7.89. The monoisotopic (exact) mass is 481 g/mol. The molecule has 0 spiro atoms. The fourth-order valence-electron chi connectivity index (χ4n) is 5.07. The number of rotatable bonds is 4. The number of aromatic nitrogens is 3. The van der Waals surface area contributed by atoms with E-state index in [1.165, 1.54) is 0 Å². The van der Waals surface area contributed by atoms with E-state index in [9.17, 15) is 21.6 Å². The van der Waals surface area contributed by atoms with Gasteiger partial charge in [0, 0.05) is 37.8 Å². The van der Waals surface area contributed by atoms with Crippen LogP contribution in [0.4, 0.5) is 18.9 Å². The molecule has 1 atom stereocenters. The first-order chi connectivity index (χ1) is 15.7. The number of hydrogen-bond donors (Lipinski definition) is 1. The minimum absolute atomic E-state index is 0.00313. The molecule has 0 bridgehead atoms. The van der Waals surface area contributed by atoms with Gasteiger partial charge in [0.25, 0.3) is 0 Å². The van der Waals surface area contributed by atoms with E-state index in [1.54, 1.807) is 6.20 Å².